The van der Waals surface area contributed by atoms with Crippen LogP contribution < -0.4 is 5.32 Å². The molecule has 0 radical (unpaired) electrons. The van der Waals surface area contributed by atoms with Crippen molar-refractivity contribution >= 4 is 11.3 Å². The molecule has 0 aliphatic heterocycles. The van der Waals surface area contributed by atoms with Crippen molar-refractivity contribution in [2.45, 2.75) is 26.4 Å². The number of thiazole rings is 1. The van der Waals surface area contributed by atoms with Gasteiger partial charge < -0.3 is 5.32 Å². The predicted molar refractivity (Wildman–Crippen MR) is 68.5 cm³/mol. The molecule has 2 nitrogen and oxygen atoms in total. The fourth-order valence-corrected chi connectivity index (χ4v) is 2.20. The van der Waals surface area contributed by atoms with Crippen molar-refractivity contribution in [3.63, 3.8) is 0 Å². The molecule has 1 atom stereocenters. The first-order valence-corrected chi connectivity index (χ1v) is 6.37. The molecular formula is C13H16N2S. The predicted octanol–water partition coefficient (Wildman–Crippen LogP) is 3.30. The largest absolute Gasteiger partial charge is 0.305 e. The molecule has 0 saturated heterocycles. The molecule has 0 saturated carbocycles. The maximum absolute atomic E-state index is 4.26. The van der Waals surface area contributed by atoms with E-state index in [9.17, 15) is 0 Å². The summed E-state index contributed by atoms with van der Waals surface area (Å²) in [7, 11) is 0. The lowest BCUT2D eigenvalue weighted by Gasteiger charge is -2.13. The molecule has 0 bridgehead atoms. The van der Waals surface area contributed by atoms with Crippen molar-refractivity contribution in [3.8, 4) is 0 Å². The number of hydrogen-bond donors (Lipinski definition) is 1. The molecule has 2 rings (SSSR count). The van der Waals surface area contributed by atoms with Crippen molar-refractivity contribution < 1.29 is 0 Å². The Balaban J connectivity index is 1.95. The van der Waals surface area contributed by atoms with E-state index in [2.05, 4.69) is 53.8 Å². The van der Waals surface area contributed by atoms with Crippen LogP contribution in [0.25, 0.3) is 0 Å². The van der Waals surface area contributed by atoms with Gasteiger partial charge in [-0.25, -0.2) is 4.98 Å². The number of hydrogen-bond acceptors (Lipinski definition) is 3. The summed E-state index contributed by atoms with van der Waals surface area (Å²) >= 11 is 1.64. The molecule has 0 aliphatic carbocycles. The van der Waals surface area contributed by atoms with Gasteiger partial charge in [0.25, 0.3) is 0 Å². The zero-order chi connectivity index (χ0) is 11.4. The Labute approximate surface area is 100 Å². The third-order valence-corrected chi connectivity index (χ3v) is 3.25. The summed E-state index contributed by atoms with van der Waals surface area (Å²) in [6.07, 6.45) is 0. The first-order valence-electron chi connectivity index (χ1n) is 5.43. The Hall–Kier alpha value is -1.19. The molecule has 0 amide bonds. The minimum absolute atomic E-state index is 0.363. The quantitative estimate of drug-likeness (QED) is 0.875. The van der Waals surface area contributed by atoms with Gasteiger partial charge in [0.1, 0.15) is 0 Å². The van der Waals surface area contributed by atoms with E-state index in [1.54, 1.807) is 11.3 Å². The standard InChI is InChI=1S/C13H16N2S/c1-10-4-3-5-12(6-10)11(2)14-7-13-8-16-9-15-13/h3-6,8-9,11,14H,7H2,1-2H3/t11-/m0/s1. The Morgan fingerprint density at radius 1 is 1.44 bits per heavy atom. The summed E-state index contributed by atoms with van der Waals surface area (Å²) in [5.41, 5.74) is 5.62. The lowest BCUT2D eigenvalue weighted by atomic mass is 10.1. The summed E-state index contributed by atoms with van der Waals surface area (Å²) < 4.78 is 0. The van der Waals surface area contributed by atoms with Gasteiger partial charge in [-0.1, -0.05) is 29.8 Å². The van der Waals surface area contributed by atoms with Crippen molar-refractivity contribution in [1.29, 1.82) is 0 Å². The van der Waals surface area contributed by atoms with Crippen LogP contribution in [0.15, 0.2) is 35.2 Å². The van der Waals surface area contributed by atoms with Gasteiger partial charge in [0.05, 0.1) is 11.2 Å². The number of benzene rings is 1. The summed E-state index contributed by atoms with van der Waals surface area (Å²) in [5, 5.41) is 5.55. The first-order chi connectivity index (χ1) is 7.75. The van der Waals surface area contributed by atoms with Crippen LogP contribution in [0.5, 0.6) is 0 Å². The molecule has 0 spiro atoms. The van der Waals surface area contributed by atoms with Crippen LogP contribution in [0.3, 0.4) is 0 Å². The second-order valence-corrected chi connectivity index (χ2v) is 4.72. The number of aryl methyl sites for hydroxylation is 1. The van der Waals surface area contributed by atoms with Gasteiger partial charge in [0.15, 0.2) is 0 Å². The molecule has 16 heavy (non-hydrogen) atoms. The van der Waals surface area contributed by atoms with E-state index < -0.39 is 0 Å². The molecule has 1 heterocycles. The fourth-order valence-electron chi connectivity index (χ4n) is 1.64. The molecule has 0 unspecified atom stereocenters. The molecular weight excluding hydrogens is 216 g/mol. The normalized spacial score (nSPS) is 12.6. The lowest BCUT2D eigenvalue weighted by molar-refractivity contribution is 0.569. The number of nitrogens with one attached hydrogen (secondary N) is 1. The van der Waals surface area contributed by atoms with E-state index >= 15 is 0 Å². The van der Waals surface area contributed by atoms with E-state index in [0.29, 0.717) is 6.04 Å². The van der Waals surface area contributed by atoms with Crippen LogP contribution in [0, 0.1) is 6.92 Å². The Bertz CT molecular complexity index is 437. The van der Waals surface area contributed by atoms with Crippen LogP contribution in [-0.2, 0) is 6.54 Å². The second-order valence-electron chi connectivity index (χ2n) is 4.00. The Kier molecular flexibility index (Phi) is 3.70. The van der Waals surface area contributed by atoms with E-state index in [0.717, 1.165) is 12.2 Å². The molecule has 1 N–H and O–H groups in total. The third-order valence-electron chi connectivity index (χ3n) is 2.61. The highest BCUT2D eigenvalue weighted by atomic mass is 32.1. The zero-order valence-electron chi connectivity index (χ0n) is 9.60. The summed E-state index contributed by atoms with van der Waals surface area (Å²) in [5.74, 6) is 0. The van der Waals surface area contributed by atoms with Gasteiger partial charge >= 0.3 is 0 Å². The Morgan fingerprint density at radius 2 is 2.31 bits per heavy atom. The van der Waals surface area contributed by atoms with Crippen LogP contribution >= 0.6 is 11.3 Å². The molecule has 84 valence electrons. The molecule has 1 aromatic carbocycles. The smallest absolute Gasteiger partial charge is 0.0795 e. The van der Waals surface area contributed by atoms with E-state index in [-0.39, 0.29) is 0 Å². The number of nitrogens with zero attached hydrogens (tertiary/aromatic N) is 1. The second kappa shape index (κ2) is 5.23. The van der Waals surface area contributed by atoms with Crippen molar-refractivity contribution in [1.82, 2.24) is 10.3 Å². The van der Waals surface area contributed by atoms with Gasteiger partial charge in [-0.3, -0.25) is 0 Å². The SMILES string of the molecule is Cc1cccc([C@H](C)NCc2cscn2)c1. The molecule has 0 aliphatic rings. The number of rotatable bonds is 4. The van der Waals surface area contributed by atoms with Crippen molar-refractivity contribution in [2.75, 3.05) is 0 Å². The molecule has 0 fully saturated rings. The van der Waals surface area contributed by atoms with Crippen LogP contribution in [0.1, 0.15) is 29.8 Å². The summed E-state index contributed by atoms with van der Waals surface area (Å²) in [6, 6.07) is 8.97. The third kappa shape index (κ3) is 2.90. The average molecular weight is 232 g/mol. The molecule has 2 aromatic rings. The average Bonchev–Trinajstić information content (AvgIpc) is 2.78. The van der Waals surface area contributed by atoms with Gasteiger partial charge in [-0.05, 0) is 19.4 Å². The van der Waals surface area contributed by atoms with E-state index in [4.69, 9.17) is 0 Å². The van der Waals surface area contributed by atoms with Crippen LogP contribution in [0.2, 0.25) is 0 Å². The van der Waals surface area contributed by atoms with Gasteiger partial charge in [0, 0.05) is 18.0 Å². The minimum atomic E-state index is 0.363. The van der Waals surface area contributed by atoms with E-state index in [1.165, 1.54) is 11.1 Å². The van der Waals surface area contributed by atoms with E-state index in [1.807, 2.05) is 5.51 Å². The Morgan fingerprint density at radius 3 is 3.00 bits per heavy atom. The van der Waals surface area contributed by atoms with Crippen LogP contribution in [0.4, 0.5) is 0 Å². The minimum Gasteiger partial charge on any atom is -0.305 e. The van der Waals surface area contributed by atoms with Gasteiger partial charge in [-0.2, -0.15) is 0 Å². The first kappa shape index (κ1) is 11.3. The fraction of sp³-hybridized carbons (Fsp3) is 0.308. The molecule has 1 aromatic heterocycles. The zero-order valence-corrected chi connectivity index (χ0v) is 10.4. The van der Waals surface area contributed by atoms with Gasteiger partial charge in [0.2, 0.25) is 0 Å². The highest BCUT2D eigenvalue weighted by molar-refractivity contribution is 7.07. The maximum Gasteiger partial charge on any atom is 0.0795 e. The maximum atomic E-state index is 4.26. The van der Waals surface area contributed by atoms with Crippen molar-refractivity contribution in [2.24, 2.45) is 0 Å². The van der Waals surface area contributed by atoms with Gasteiger partial charge in [-0.15, -0.1) is 11.3 Å². The highest BCUT2D eigenvalue weighted by Crippen LogP contribution is 2.14. The topological polar surface area (TPSA) is 24.9 Å². The lowest BCUT2D eigenvalue weighted by Crippen LogP contribution is -2.18. The molecule has 3 heteroatoms. The summed E-state index contributed by atoms with van der Waals surface area (Å²) in [4.78, 5) is 4.26. The highest BCUT2D eigenvalue weighted by Gasteiger charge is 2.05. The monoisotopic (exact) mass is 232 g/mol. The summed E-state index contributed by atoms with van der Waals surface area (Å²) in [6.45, 7) is 5.14. The van der Waals surface area contributed by atoms with Crippen LogP contribution in [-0.4, -0.2) is 4.98 Å². The van der Waals surface area contributed by atoms with Crippen molar-refractivity contribution in [3.05, 3.63) is 52.0 Å². The number of aromatic nitrogens is 1.